The molecule has 0 aliphatic heterocycles. The molecule has 4 rings (SSSR count). The number of amides is 1. The Morgan fingerprint density at radius 3 is 2.59 bits per heavy atom. The van der Waals surface area contributed by atoms with Crippen molar-refractivity contribution in [3.05, 3.63) is 92.4 Å². The van der Waals surface area contributed by atoms with Gasteiger partial charge in [-0.1, -0.05) is 44.8 Å². The van der Waals surface area contributed by atoms with E-state index < -0.39 is 5.91 Å². The zero-order valence-electron chi connectivity index (χ0n) is 17.4. The first-order valence-corrected chi connectivity index (χ1v) is 11.0. The van der Waals surface area contributed by atoms with Crippen LogP contribution in [0.25, 0.3) is 0 Å². The second-order valence-corrected chi connectivity index (χ2v) is 8.57. The van der Waals surface area contributed by atoms with Gasteiger partial charge in [-0.05, 0) is 55.8 Å². The smallest absolute Gasteiger partial charge is 0.279 e. The van der Waals surface area contributed by atoms with E-state index in [2.05, 4.69) is 31.5 Å². The highest BCUT2D eigenvalue weighted by Gasteiger charge is 2.21. The molecule has 2 heterocycles. The minimum atomic E-state index is -0.412. The topological polar surface area (TPSA) is 82.2 Å². The van der Waals surface area contributed by atoms with Crippen molar-refractivity contribution in [2.45, 2.75) is 27.0 Å². The molecule has 0 bridgehead atoms. The number of rotatable bonds is 7. The number of hydrogen-bond donors (Lipinski definition) is 1. The Kier molecular flexibility index (Phi) is 6.62. The second-order valence-electron chi connectivity index (χ2n) is 7.22. The highest BCUT2D eigenvalue weighted by Crippen LogP contribution is 2.21. The van der Waals surface area contributed by atoms with E-state index in [1.165, 1.54) is 0 Å². The second kappa shape index (κ2) is 9.58. The van der Waals surface area contributed by atoms with E-state index in [0.29, 0.717) is 34.5 Å². The van der Waals surface area contributed by atoms with Gasteiger partial charge >= 0.3 is 0 Å². The van der Waals surface area contributed by atoms with Crippen molar-refractivity contribution in [1.29, 1.82) is 0 Å². The van der Waals surface area contributed by atoms with Crippen molar-refractivity contribution >= 4 is 39.3 Å². The van der Waals surface area contributed by atoms with Gasteiger partial charge in [-0.15, -0.1) is 0 Å². The lowest BCUT2D eigenvalue weighted by molar-refractivity contribution is 0.101. The Hall–Kier alpha value is -3.10. The molecular weight excluding hydrogens is 496 g/mol. The lowest BCUT2D eigenvalue weighted by Crippen LogP contribution is -2.16. The highest BCUT2D eigenvalue weighted by atomic mass is 79.9. The number of benzene rings is 2. The molecule has 4 aromatic rings. The van der Waals surface area contributed by atoms with Crippen molar-refractivity contribution in [2.75, 3.05) is 5.32 Å². The lowest BCUT2D eigenvalue weighted by atomic mass is 10.2. The fraction of sp³-hybridized carbons (Fsp3) is 0.174. The summed E-state index contributed by atoms with van der Waals surface area (Å²) in [6, 6.07) is 16.8. The molecule has 0 atom stereocenters. The zero-order valence-corrected chi connectivity index (χ0v) is 19.8. The number of ether oxygens (including phenoxy) is 1. The van der Waals surface area contributed by atoms with Crippen LogP contribution in [0.3, 0.4) is 0 Å². The molecule has 32 heavy (non-hydrogen) atoms. The van der Waals surface area contributed by atoms with Crippen LogP contribution < -0.4 is 10.1 Å². The van der Waals surface area contributed by atoms with Gasteiger partial charge in [0.1, 0.15) is 18.1 Å². The lowest BCUT2D eigenvalue weighted by Gasteiger charge is -2.07. The molecule has 2 aromatic carbocycles. The standard InChI is InChI=1S/C23H20BrClN4O3/c1-14-11-21(27-29(14)12-16-3-5-17(24)6-4-16)26-23(30)22-20(15(2)32-28-22)13-31-19-9-7-18(25)8-10-19/h3-11H,12-13H2,1-2H3,(H,26,27,30). The molecular formula is C23H20BrClN4O3. The van der Waals surface area contributed by atoms with Gasteiger partial charge in [-0.3, -0.25) is 9.48 Å². The summed E-state index contributed by atoms with van der Waals surface area (Å²) >= 11 is 9.34. The van der Waals surface area contributed by atoms with Crippen LogP contribution in [0.2, 0.25) is 5.02 Å². The van der Waals surface area contributed by atoms with Gasteiger partial charge in [0.2, 0.25) is 0 Å². The maximum Gasteiger partial charge on any atom is 0.279 e. The number of hydrogen-bond acceptors (Lipinski definition) is 5. The predicted molar refractivity (Wildman–Crippen MR) is 125 cm³/mol. The minimum Gasteiger partial charge on any atom is -0.489 e. The fourth-order valence-corrected chi connectivity index (χ4v) is 3.49. The third-order valence-electron chi connectivity index (χ3n) is 4.86. The summed E-state index contributed by atoms with van der Waals surface area (Å²) < 4.78 is 13.9. The minimum absolute atomic E-state index is 0.136. The molecule has 0 aliphatic carbocycles. The number of aryl methyl sites for hydroxylation is 2. The number of carbonyl (C=O) groups is 1. The van der Waals surface area contributed by atoms with Crippen LogP contribution in [0.4, 0.5) is 5.82 Å². The molecule has 7 nitrogen and oxygen atoms in total. The molecule has 0 spiro atoms. The van der Waals surface area contributed by atoms with Gasteiger partial charge < -0.3 is 14.6 Å². The molecule has 9 heteroatoms. The summed E-state index contributed by atoms with van der Waals surface area (Å²) in [5, 5.41) is 11.8. The number of aromatic nitrogens is 3. The van der Waals surface area contributed by atoms with Crippen LogP contribution in [0.15, 0.2) is 63.6 Å². The van der Waals surface area contributed by atoms with E-state index in [-0.39, 0.29) is 12.3 Å². The number of nitrogens with one attached hydrogen (secondary N) is 1. The first-order valence-electron chi connectivity index (χ1n) is 9.83. The SMILES string of the molecule is Cc1onc(C(=O)Nc2cc(C)n(Cc3ccc(Br)cc3)n2)c1COc1ccc(Cl)cc1. The molecule has 0 fully saturated rings. The number of nitrogens with zero attached hydrogens (tertiary/aromatic N) is 3. The Morgan fingerprint density at radius 2 is 1.88 bits per heavy atom. The average Bonchev–Trinajstić information content (AvgIpc) is 3.31. The first-order chi connectivity index (χ1) is 15.4. The quantitative estimate of drug-likeness (QED) is 0.337. The Bertz CT molecular complexity index is 1230. The summed E-state index contributed by atoms with van der Waals surface area (Å²) in [6.45, 7) is 4.41. The van der Waals surface area contributed by atoms with E-state index in [9.17, 15) is 4.79 Å². The first kappa shape index (κ1) is 22.1. The maximum absolute atomic E-state index is 12.9. The third-order valence-corrected chi connectivity index (χ3v) is 5.65. The number of halogens is 2. The molecule has 0 radical (unpaired) electrons. The van der Waals surface area contributed by atoms with Gasteiger partial charge in [0.25, 0.3) is 5.91 Å². The Labute approximate surface area is 198 Å². The van der Waals surface area contributed by atoms with Crippen LogP contribution in [-0.4, -0.2) is 20.8 Å². The van der Waals surface area contributed by atoms with Crippen molar-refractivity contribution in [3.63, 3.8) is 0 Å². The average molecular weight is 516 g/mol. The highest BCUT2D eigenvalue weighted by molar-refractivity contribution is 9.10. The summed E-state index contributed by atoms with van der Waals surface area (Å²) in [4.78, 5) is 12.9. The largest absolute Gasteiger partial charge is 0.489 e. The monoisotopic (exact) mass is 514 g/mol. The molecule has 0 saturated heterocycles. The molecule has 0 unspecified atom stereocenters. The van der Waals surface area contributed by atoms with E-state index >= 15 is 0 Å². The van der Waals surface area contributed by atoms with Gasteiger partial charge in [0.15, 0.2) is 11.5 Å². The molecule has 0 aliphatic rings. The molecule has 164 valence electrons. The predicted octanol–water partition coefficient (Wildman–Crippen LogP) is 5.78. The maximum atomic E-state index is 12.9. The van der Waals surface area contributed by atoms with Crippen molar-refractivity contribution < 1.29 is 14.1 Å². The van der Waals surface area contributed by atoms with Crippen molar-refractivity contribution in [2.24, 2.45) is 0 Å². The summed E-state index contributed by atoms with van der Waals surface area (Å²) in [7, 11) is 0. The number of anilines is 1. The summed E-state index contributed by atoms with van der Waals surface area (Å²) in [5.41, 5.74) is 2.76. The number of carbonyl (C=O) groups excluding carboxylic acids is 1. The molecule has 2 aromatic heterocycles. The molecule has 1 N–H and O–H groups in total. The van der Waals surface area contributed by atoms with Gasteiger partial charge in [-0.25, -0.2) is 0 Å². The van der Waals surface area contributed by atoms with Crippen LogP contribution in [-0.2, 0) is 13.2 Å². The Balaban J connectivity index is 1.45. The Morgan fingerprint density at radius 1 is 1.16 bits per heavy atom. The van der Waals surface area contributed by atoms with Gasteiger partial charge in [-0.2, -0.15) is 5.10 Å². The van der Waals surface area contributed by atoms with E-state index in [0.717, 1.165) is 15.7 Å². The summed E-state index contributed by atoms with van der Waals surface area (Å²) in [6.07, 6.45) is 0. The molecule has 1 amide bonds. The normalized spacial score (nSPS) is 10.9. The zero-order chi connectivity index (χ0) is 22.7. The van der Waals surface area contributed by atoms with Crippen molar-refractivity contribution in [1.82, 2.24) is 14.9 Å². The third kappa shape index (κ3) is 5.20. The van der Waals surface area contributed by atoms with E-state index in [1.54, 1.807) is 31.2 Å². The van der Waals surface area contributed by atoms with Crippen LogP contribution in [0, 0.1) is 13.8 Å². The van der Waals surface area contributed by atoms with Crippen LogP contribution in [0.1, 0.15) is 33.1 Å². The van der Waals surface area contributed by atoms with Gasteiger partial charge in [0, 0.05) is 21.3 Å². The summed E-state index contributed by atoms with van der Waals surface area (Å²) in [5.74, 6) is 1.17. The van der Waals surface area contributed by atoms with Crippen molar-refractivity contribution in [3.8, 4) is 5.75 Å². The van der Waals surface area contributed by atoms with Gasteiger partial charge in [0.05, 0.1) is 12.1 Å². The van der Waals surface area contributed by atoms with Crippen LogP contribution >= 0.6 is 27.5 Å². The fourth-order valence-electron chi connectivity index (χ4n) is 3.10. The van der Waals surface area contributed by atoms with E-state index in [1.807, 2.05) is 41.9 Å². The molecule has 0 saturated carbocycles. The van der Waals surface area contributed by atoms with E-state index in [4.69, 9.17) is 20.9 Å². The van der Waals surface area contributed by atoms with Crippen LogP contribution in [0.5, 0.6) is 5.75 Å².